The van der Waals surface area contributed by atoms with Gasteiger partial charge in [0.1, 0.15) is 17.3 Å². The lowest BCUT2D eigenvalue weighted by atomic mass is 10.3. The number of aromatic nitrogens is 1. The molecule has 0 aliphatic rings. The average molecular weight is 261 g/mol. The zero-order chi connectivity index (χ0) is 13.8. The second-order valence-corrected chi connectivity index (χ2v) is 3.61. The van der Waals surface area contributed by atoms with Gasteiger partial charge in [-0.1, -0.05) is 0 Å². The van der Waals surface area contributed by atoms with Crippen LogP contribution in [0.2, 0.25) is 0 Å². The predicted octanol–water partition coefficient (Wildman–Crippen LogP) is 2.37. The Labute approximate surface area is 108 Å². The predicted molar refractivity (Wildman–Crippen MR) is 68.4 cm³/mol. The molecule has 0 radical (unpaired) electrons. The van der Waals surface area contributed by atoms with Crippen LogP contribution in [0.3, 0.4) is 0 Å². The number of benzene rings is 1. The van der Waals surface area contributed by atoms with E-state index in [1.807, 2.05) is 0 Å². The van der Waals surface area contributed by atoms with E-state index in [-0.39, 0.29) is 17.3 Å². The largest absolute Gasteiger partial charge is 0.497 e. The number of anilines is 1. The van der Waals surface area contributed by atoms with E-state index < -0.39 is 4.92 Å². The number of ether oxygens (including phenoxy) is 2. The summed E-state index contributed by atoms with van der Waals surface area (Å²) in [6, 6.07) is 7.28. The van der Waals surface area contributed by atoms with Crippen molar-refractivity contribution in [3.8, 4) is 17.2 Å². The molecule has 2 aromatic rings. The minimum absolute atomic E-state index is 0.0787. The van der Waals surface area contributed by atoms with Crippen molar-refractivity contribution in [2.75, 3.05) is 12.8 Å². The average Bonchev–Trinajstić information content (AvgIpc) is 2.38. The van der Waals surface area contributed by atoms with Crippen LogP contribution in [0.25, 0.3) is 0 Å². The number of hydrogen-bond donors (Lipinski definition) is 1. The minimum atomic E-state index is -0.528. The molecule has 0 fully saturated rings. The highest BCUT2D eigenvalue weighted by Gasteiger charge is 2.17. The highest BCUT2D eigenvalue weighted by atomic mass is 16.6. The summed E-state index contributed by atoms with van der Waals surface area (Å²) in [5.74, 6) is 1.17. The molecule has 0 aliphatic heterocycles. The summed E-state index contributed by atoms with van der Waals surface area (Å²) < 4.78 is 10.5. The molecule has 0 saturated carbocycles. The first kappa shape index (κ1) is 12.6. The van der Waals surface area contributed by atoms with Gasteiger partial charge in [-0.15, -0.1) is 0 Å². The molecule has 19 heavy (non-hydrogen) atoms. The van der Waals surface area contributed by atoms with Crippen molar-refractivity contribution in [1.82, 2.24) is 4.98 Å². The number of rotatable bonds is 4. The molecule has 1 aromatic carbocycles. The fourth-order valence-corrected chi connectivity index (χ4v) is 1.47. The zero-order valence-electron chi connectivity index (χ0n) is 10.1. The first-order valence-electron chi connectivity index (χ1n) is 5.32. The van der Waals surface area contributed by atoms with Crippen molar-refractivity contribution in [3.63, 3.8) is 0 Å². The van der Waals surface area contributed by atoms with E-state index in [2.05, 4.69) is 4.98 Å². The number of pyridine rings is 1. The summed E-state index contributed by atoms with van der Waals surface area (Å²) in [6.45, 7) is 0. The molecular weight excluding hydrogens is 250 g/mol. The van der Waals surface area contributed by atoms with Crippen LogP contribution in [0, 0.1) is 10.1 Å². The van der Waals surface area contributed by atoms with Crippen LogP contribution in [0.15, 0.2) is 36.5 Å². The van der Waals surface area contributed by atoms with E-state index in [0.717, 1.165) is 0 Å². The second kappa shape index (κ2) is 5.21. The number of nitrogen functional groups attached to an aromatic ring is 1. The van der Waals surface area contributed by atoms with E-state index in [9.17, 15) is 10.1 Å². The van der Waals surface area contributed by atoms with Crippen LogP contribution >= 0.6 is 0 Å². The van der Waals surface area contributed by atoms with Crippen molar-refractivity contribution in [3.05, 3.63) is 46.6 Å². The van der Waals surface area contributed by atoms with Gasteiger partial charge in [0.05, 0.1) is 12.0 Å². The van der Waals surface area contributed by atoms with Gasteiger partial charge in [-0.05, 0) is 12.1 Å². The first-order chi connectivity index (χ1) is 9.10. The fraction of sp³-hybridized carbons (Fsp3) is 0.0833. The third-order valence-electron chi connectivity index (χ3n) is 2.34. The van der Waals surface area contributed by atoms with Gasteiger partial charge in [0.25, 0.3) is 0 Å². The number of nitro benzene ring substituents is 1. The Balaban J connectivity index is 2.39. The van der Waals surface area contributed by atoms with Crippen LogP contribution < -0.4 is 15.2 Å². The lowest BCUT2D eigenvalue weighted by molar-refractivity contribution is -0.385. The van der Waals surface area contributed by atoms with Crippen molar-refractivity contribution in [2.45, 2.75) is 0 Å². The molecule has 2 N–H and O–H groups in total. The molecule has 98 valence electrons. The normalized spacial score (nSPS) is 9.95. The Morgan fingerprint density at radius 2 is 2.05 bits per heavy atom. The van der Waals surface area contributed by atoms with Crippen LogP contribution in [0.4, 0.5) is 11.5 Å². The van der Waals surface area contributed by atoms with Gasteiger partial charge in [0.15, 0.2) is 0 Å². The molecule has 2 rings (SSSR count). The van der Waals surface area contributed by atoms with Gasteiger partial charge in [-0.25, -0.2) is 4.98 Å². The van der Waals surface area contributed by atoms with E-state index in [0.29, 0.717) is 11.5 Å². The molecule has 0 saturated heterocycles. The SMILES string of the molecule is COc1ccc([N+](=O)[O-])c(Oc2ccnc(N)c2)c1. The van der Waals surface area contributed by atoms with Gasteiger partial charge in [-0.2, -0.15) is 0 Å². The number of methoxy groups -OCH3 is 1. The van der Waals surface area contributed by atoms with Crippen LogP contribution in [0.1, 0.15) is 0 Å². The fourth-order valence-electron chi connectivity index (χ4n) is 1.47. The second-order valence-electron chi connectivity index (χ2n) is 3.61. The maximum atomic E-state index is 10.9. The molecule has 1 aromatic heterocycles. The van der Waals surface area contributed by atoms with Gasteiger partial charge < -0.3 is 15.2 Å². The quantitative estimate of drug-likeness (QED) is 0.669. The van der Waals surface area contributed by atoms with Gasteiger partial charge >= 0.3 is 5.69 Å². The van der Waals surface area contributed by atoms with Crippen LogP contribution in [-0.2, 0) is 0 Å². The van der Waals surface area contributed by atoms with E-state index in [4.69, 9.17) is 15.2 Å². The van der Waals surface area contributed by atoms with Crippen LogP contribution in [-0.4, -0.2) is 17.0 Å². The summed E-state index contributed by atoms with van der Waals surface area (Å²) in [7, 11) is 1.47. The monoisotopic (exact) mass is 261 g/mol. The number of nitrogens with two attached hydrogens (primary N) is 1. The Hall–Kier alpha value is -2.83. The maximum absolute atomic E-state index is 10.9. The van der Waals surface area contributed by atoms with E-state index in [1.165, 1.54) is 37.6 Å². The summed E-state index contributed by atoms with van der Waals surface area (Å²) in [4.78, 5) is 14.2. The molecule has 0 aliphatic carbocycles. The third-order valence-corrected chi connectivity index (χ3v) is 2.34. The molecule has 0 bridgehead atoms. The Morgan fingerprint density at radius 3 is 2.68 bits per heavy atom. The van der Waals surface area contributed by atoms with Gasteiger partial charge in [0, 0.05) is 24.4 Å². The standard InChI is InChI=1S/C12H11N3O4/c1-18-8-2-3-10(15(16)17)11(6-8)19-9-4-5-14-12(13)7-9/h2-7H,1H3,(H2,13,14). The number of nitrogens with zero attached hydrogens (tertiary/aromatic N) is 2. The topological polar surface area (TPSA) is 101 Å². The van der Waals surface area contributed by atoms with E-state index >= 15 is 0 Å². The molecule has 1 heterocycles. The Bertz CT molecular complexity index is 616. The highest BCUT2D eigenvalue weighted by molar-refractivity contribution is 5.52. The van der Waals surface area contributed by atoms with Crippen LogP contribution in [0.5, 0.6) is 17.2 Å². The molecule has 0 atom stereocenters. The molecule has 0 unspecified atom stereocenters. The Kier molecular flexibility index (Phi) is 3.46. The van der Waals surface area contributed by atoms with Gasteiger partial charge in [-0.3, -0.25) is 10.1 Å². The molecular formula is C12H11N3O4. The summed E-state index contributed by atoms with van der Waals surface area (Å²) in [6.07, 6.45) is 1.46. The van der Waals surface area contributed by atoms with Crippen molar-refractivity contribution >= 4 is 11.5 Å². The van der Waals surface area contributed by atoms with E-state index in [1.54, 1.807) is 6.07 Å². The molecule has 0 amide bonds. The highest BCUT2D eigenvalue weighted by Crippen LogP contribution is 2.34. The third kappa shape index (κ3) is 2.89. The minimum Gasteiger partial charge on any atom is -0.497 e. The maximum Gasteiger partial charge on any atom is 0.311 e. The lowest BCUT2D eigenvalue weighted by Gasteiger charge is -2.08. The molecule has 0 spiro atoms. The zero-order valence-corrected chi connectivity index (χ0v) is 10.1. The molecule has 7 nitrogen and oxygen atoms in total. The smallest absolute Gasteiger partial charge is 0.311 e. The van der Waals surface area contributed by atoms with Crippen molar-refractivity contribution < 1.29 is 14.4 Å². The summed E-state index contributed by atoms with van der Waals surface area (Å²) in [5.41, 5.74) is 5.36. The van der Waals surface area contributed by atoms with Crippen molar-refractivity contribution in [2.24, 2.45) is 0 Å². The lowest BCUT2D eigenvalue weighted by Crippen LogP contribution is -1.95. The van der Waals surface area contributed by atoms with Gasteiger partial charge in [0.2, 0.25) is 5.75 Å². The summed E-state index contributed by atoms with van der Waals surface area (Å²) >= 11 is 0. The first-order valence-corrected chi connectivity index (χ1v) is 5.32. The van der Waals surface area contributed by atoms with Crippen molar-refractivity contribution in [1.29, 1.82) is 0 Å². The molecule has 7 heteroatoms. The Morgan fingerprint density at radius 1 is 1.26 bits per heavy atom. The number of hydrogen-bond acceptors (Lipinski definition) is 6. The number of nitro groups is 1. The summed E-state index contributed by atoms with van der Waals surface area (Å²) in [5, 5.41) is 10.9.